The first-order chi connectivity index (χ1) is 8.23. The van der Waals surface area contributed by atoms with Gasteiger partial charge >= 0.3 is 0 Å². The van der Waals surface area contributed by atoms with E-state index >= 15 is 0 Å². The van der Waals surface area contributed by atoms with E-state index in [1.54, 1.807) is 24.3 Å². The molecule has 1 aromatic rings. The van der Waals surface area contributed by atoms with E-state index in [9.17, 15) is 8.42 Å². The van der Waals surface area contributed by atoms with Gasteiger partial charge in [0.15, 0.2) is 0 Å². The summed E-state index contributed by atoms with van der Waals surface area (Å²) in [7, 11) is -3.44. The minimum Gasteiger partial charge on any atom is -0.207 e. The molecule has 18 heavy (non-hydrogen) atoms. The van der Waals surface area contributed by atoms with Crippen molar-refractivity contribution in [2.45, 2.75) is 43.5 Å². The summed E-state index contributed by atoms with van der Waals surface area (Å²) < 4.78 is 27.1. The molecule has 1 aromatic carbocycles. The summed E-state index contributed by atoms with van der Waals surface area (Å²) in [6, 6.07) is 6.75. The number of sulfonamides is 1. The fourth-order valence-corrected chi connectivity index (χ4v) is 3.78. The molecule has 0 bridgehead atoms. The largest absolute Gasteiger partial charge is 0.240 e. The Hall–Kier alpha value is -0.580. The molecule has 0 saturated heterocycles. The average Bonchev–Trinajstić information content (AvgIpc) is 2.29. The molecule has 2 rings (SSSR count). The van der Waals surface area contributed by atoms with Gasteiger partial charge in [0.2, 0.25) is 10.0 Å². The lowest BCUT2D eigenvalue weighted by atomic mass is 9.67. The van der Waals surface area contributed by atoms with Gasteiger partial charge in [-0.1, -0.05) is 31.5 Å². The van der Waals surface area contributed by atoms with Crippen LogP contribution in [0, 0.1) is 12.3 Å². The predicted octanol–water partition coefficient (Wildman–Crippen LogP) is 2.68. The minimum absolute atomic E-state index is 0.0308. The van der Waals surface area contributed by atoms with Crippen LogP contribution in [0.25, 0.3) is 0 Å². The molecule has 0 amide bonds. The zero-order valence-corrected chi connectivity index (χ0v) is 12.3. The SMILES string of the molecule is Cc1ccc(S(=O)(=O)NC2CC(Cl)C2(C)C)cc1. The molecule has 100 valence electrons. The molecule has 1 aliphatic carbocycles. The standard InChI is InChI=1S/C13H18ClNO2S/c1-9-4-6-10(7-5-9)18(16,17)15-12-8-11(14)13(12,2)3/h4-7,11-12,15H,8H2,1-3H3. The topological polar surface area (TPSA) is 46.2 Å². The van der Waals surface area contributed by atoms with Crippen molar-refractivity contribution in [2.75, 3.05) is 0 Å². The fraction of sp³-hybridized carbons (Fsp3) is 0.538. The molecule has 0 aliphatic heterocycles. The first-order valence-electron chi connectivity index (χ1n) is 5.96. The van der Waals surface area contributed by atoms with Gasteiger partial charge in [0.1, 0.15) is 0 Å². The number of benzene rings is 1. The van der Waals surface area contributed by atoms with Crippen molar-refractivity contribution in [1.29, 1.82) is 0 Å². The van der Waals surface area contributed by atoms with E-state index < -0.39 is 10.0 Å². The van der Waals surface area contributed by atoms with Gasteiger partial charge in [-0.15, -0.1) is 11.6 Å². The van der Waals surface area contributed by atoms with Gasteiger partial charge in [-0.2, -0.15) is 0 Å². The molecule has 0 spiro atoms. The van der Waals surface area contributed by atoms with Crippen molar-refractivity contribution in [3.8, 4) is 0 Å². The minimum atomic E-state index is -3.44. The van der Waals surface area contributed by atoms with Crippen LogP contribution in [-0.2, 0) is 10.0 Å². The Bertz CT molecular complexity index is 537. The van der Waals surface area contributed by atoms with Gasteiger partial charge in [-0.25, -0.2) is 13.1 Å². The number of halogens is 1. The molecule has 0 radical (unpaired) electrons. The van der Waals surface area contributed by atoms with Crippen LogP contribution in [0.3, 0.4) is 0 Å². The molecule has 3 nitrogen and oxygen atoms in total. The molecule has 1 saturated carbocycles. The third kappa shape index (κ3) is 2.42. The van der Waals surface area contributed by atoms with Gasteiger partial charge in [0.05, 0.1) is 4.90 Å². The van der Waals surface area contributed by atoms with Gasteiger partial charge in [0, 0.05) is 11.4 Å². The Kier molecular flexibility index (Phi) is 3.47. The Morgan fingerprint density at radius 3 is 2.28 bits per heavy atom. The van der Waals surface area contributed by atoms with E-state index in [0.717, 1.165) is 5.56 Å². The van der Waals surface area contributed by atoms with Crippen molar-refractivity contribution in [3.63, 3.8) is 0 Å². The van der Waals surface area contributed by atoms with E-state index in [1.807, 2.05) is 20.8 Å². The van der Waals surface area contributed by atoms with Crippen molar-refractivity contribution in [1.82, 2.24) is 4.72 Å². The zero-order chi connectivity index (χ0) is 13.6. The Labute approximate surface area is 114 Å². The van der Waals surface area contributed by atoms with Crippen LogP contribution < -0.4 is 4.72 Å². The average molecular weight is 288 g/mol. The van der Waals surface area contributed by atoms with E-state index in [1.165, 1.54) is 0 Å². The first kappa shape index (κ1) is 13.8. The maximum absolute atomic E-state index is 12.2. The summed E-state index contributed by atoms with van der Waals surface area (Å²) in [4.78, 5) is 0.307. The Balaban J connectivity index is 2.16. The van der Waals surface area contributed by atoms with Gasteiger partial charge in [-0.3, -0.25) is 0 Å². The summed E-state index contributed by atoms with van der Waals surface area (Å²) in [5, 5.41) is 0.0308. The second-order valence-corrected chi connectivity index (χ2v) is 7.75. The smallest absolute Gasteiger partial charge is 0.207 e. The van der Waals surface area contributed by atoms with E-state index in [2.05, 4.69) is 4.72 Å². The molecule has 1 fully saturated rings. The molecule has 1 N–H and O–H groups in total. The molecule has 0 aromatic heterocycles. The van der Waals surface area contributed by atoms with Gasteiger partial charge in [-0.05, 0) is 30.9 Å². The normalized spacial score (nSPS) is 26.7. The molecular weight excluding hydrogens is 270 g/mol. The van der Waals surface area contributed by atoms with Crippen molar-refractivity contribution in [3.05, 3.63) is 29.8 Å². The lowest BCUT2D eigenvalue weighted by Gasteiger charge is -2.48. The van der Waals surface area contributed by atoms with Crippen LogP contribution in [0.15, 0.2) is 29.2 Å². The first-order valence-corrected chi connectivity index (χ1v) is 7.88. The van der Waals surface area contributed by atoms with Crippen LogP contribution >= 0.6 is 11.6 Å². The van der Waals surface area contributed by atoms with E-state index in [0.29, 0.717) is 11.3 Å². The van der Waals surface area contributed by atoms with Crippen molar-refractivity contribution >= 4 is 21.6 Å². The summed E-state index contributed by atoms with van der Waals surface area (Å²) in [6.07, 6.45) is 0.680. The van der Waals surface area contributed by atoms with E-state index in [4.69, 9.17) is 11.6 Å². The zero-order valence-electron chi connectivity index (χ0n) is 10.8. The maximum atomic E-state index is 12.2. The summed E-state index contributed by atoms with van der Waals surface area (Å²) in [5.74, 6) is 0. The summed E-state index contributed by atoms with van der Waals surface area (Å²) in [5.41, 5.74) is 0.845. The summed E-state index contributed by atoms with van der Waals surface area (Å²) in [6.45, 7) is 5.89. The van der Waals surface area contributed by atoms with Crippen LogP contribution in [-0.4, -0.2) is 19.8 Å². The highest BCUT2D eigenvalue weighted by Crippen LogP contribution is 2.44. The second kappa shape index (κ2) is 4.51. The molecule has 1 aliphatic rings. The Morgan fingerprint density at radius 2 is 1.83 bits per heavy atom. The maximum Gasteiger partial charge on any atom is 0.240 e. The van der Waals surface area contributed by atoms with Crippen LogP contribution in [0.5, 0.6) is 0 Å². The molecule has 2 unspecified atom stereocenters. The predicted molar refractivity (Wildman–Crippen MR) is 73.3 cm³/mol. The number of rotatable bonds is 3. The van der Waals surface area contributed by atoms with Crippen LogP contribution in [0.4, 0.5) is 0 Å². The van der Waals surface area contributed by atoms with Gasteiger partial charge in [0.25, 0.3) is 0 Å². The Morgan fingerprint density at radius 1 is 1.28 bits per heavy atom. The van der Waals surface area contributed by atoms with Crippen molar-refractivity contribution < 1.29 is 8.42 Å². The number of nitrogens with one attached hydrogen (secondary N) is 1. The fourth-order valence-electron chi connectivity index (χ4n) is 2.04. The molecular formula is C13H18ClNO2S. The van der Waals surface area contributed by atoms with Crippen LogP contribution in [0.1, 0.15) is 25.8 Å². The van der Waals surface area contributed by atoms with Crippen molar-refractivity contribution in [2.24, 2.45) is 5.41 Å². The second-order valence-electron chi connectivity index (χ2n) is 5.51. The number of alkyl halides is 1. The lowest BCUT2D eigenvalue weighted by Crippen LogP contribution is -2.59. The molecule has 0 heterocycles. The quantitative estimate of drug-likeness (QED) is 0.869. The number of hydrogen-bond donors (Lipinski definition) is 1. The highest BCUT2D eigenvalue weighted by atomic mass is 35.5. The highest BCUT2D eigenvalue weighted by Gasteiger charge is 2.48. The monoisotopic (exact) mass is 287 g/mol. The number of aryl methyl sites for hydroxylation is 1. The third-order valence-electron chi connectivity index (χ3n) is 3.78. The van der Waals surface area contributed by atoms with Crippen LogP contribution in [0.2, 0.25) is 0 Å². The van der Waals surface area contributed by atoms with Gasteiger partial charge < -0.3 is 0 Å². The molecule has 2 atom stereocenters. The van der Waals surface area contributed by atoms with E-state index in [-0.39, 0.29) is 16.8 Å². The summed E-state index contributed by atoms with van der Waals surface area (Å²) >= 11 is 6.10. The third-order valence-corrected chi connectivity index (χ3v) is 6.00. The molecule has 5 heteroatoms. The lowest BCUT2D eigenvalue weighted by molar-refractivity contribution is 0.137. The number of hydrogen-bond acceptors (Lipinski definition) is 2. The highest BCUT2D eigenvalue weighted by molar-refractivity contribution is 7.89.